The second kappa shape index (κ2) is 4.24. The monoisotopic (exact) mass is 255 g/mol. The predicted molar refractivity (Wildman–Crippen MR) is 71.3 cm³/mol. The molecule has 0 spiro atoms. The molecule has 1 amide bonds. The van der Waals surface area contributed by atoms with E-state index in [0.717, 1.165) is 0 Å². The molecule has 96 valence electrons. The largest absolute Gasteiger partial charge is 0.368 e. The summed E-state index contributed by atoms with van der Waals surface area (Å²) in [6, 6.07) is 8.10. The van der Waals surface area contributed by atoms with Crippen molar-refractivity contribution in [2.24, 2.45) is 5.73 Å². The van der Waals surface area contributed by atoms with Crippen LogP contribution in [-0.2, 0) is 13.1 Å². The Morgan fingerprint density at radius 2 is 1.84 bits per heavy atom. The molecule has 1 aromatic carbocycles. The van der Waals surface area contributed by atoms with Crippen LogP contribution in [0, 0.1) is 0 Å². The van der Waals surface area contributed by atoms with Gasteiger partial charge in [-0.3, -0.25) is 4.79 Å². The number of benzene rings is 1. The number of fused-ring (bicyclic) bond motifs is 1. The topological polar surface area (TPSA) is 98.1 Å². The number of carbonyl (C=O) groups excluding carboxylic acids is 1. The highest BCUT2D eigenvalue weighted by Gasteiger charge is 2.24. The maximum atomic E-state index is 11.4. The zero-order chi connectivity index (χ0) is 13.4. The number of hydrogen-bond acceptors (Lipinski definition) is 5. The van der Waals surface area contributed by atoms with Gasteiger partial charge in [-0.15, -0.1) is 0 Å². The van der Waals surface area contributed by atoms with Crippen molar-refractivity contribution in [1.82, 2.24) is 9.97 Å². The Hall–Kier alpha value is -2.63. The Labute approximate surface area is 110 Å². The first-order chi connectivity index (χ1) is 9.15. The van der Waals surface area contributed by atoms with Crippen LogP contribution in [0.4, 0.5) is 11.8 Å². The van der Waals surface area contributed by atoms with E-state index < -0.39 is 5.91 Å². The number of nitrogens with zero attached hydrogens (tertiary/aromatic N) is 3. The first-order valence-electron chi connectivity index (χ1n) is 5.89. The van der Waals surface area contributed by atoms with E-state index >= 15 is 0 Å². The van der Waals surface area contributed by atoms with Gasteiger partial charge in [-0.05, 0) is 11.1 Å². The molecule has 0 bridgehead atoms. The van der Waals surface area contributed by atoms with Crippen LogP contribution in [0.15, 0.2) is 30.5 Å². The van der Waals surface area contributed by atoms with Gasteiger partial charge in [-0.2, -0.15) is 4.98 Å². The minimum atomic E-state index is -0.550. The van der Waals surface area contributed by atoms with Crippen molar-refractivity contribution in [3.8, 4) is 0 Å². The Morgan fingerprint density at radius 3 is 2.42 bits per heavy atom. The summed E-state index contributed by atoms with van der Waals surface area (Å²) in [5.74, 6) is 0.0816. The Bertz CT molecular complexity index is 630. The minimum Gasteiger partial charge on any atom is -0.368 e. The van der Waals surface area contributed by atoms with Crippen LogP contribution in [-0.4, -0.2) is 15.9 Å². The summed E-state index contributed by atoms with van der Waals surface area (Å²) in [4.78, 5) is 21.4. The first kappa shape index (κ1) is 11.5. The quantitative estimate of drug-likeness (QED) is 0.822. The Kier molecular flexibility index (Phi) is 2.56. The van der Waals surface area contributed by atoms with Crippen molar-refractivity contribution in [1.29, 1.82) is 0 Å². The highest BCUT2D eigenvalue weighted by atomic mass is 16.1. The van der Waals surface area contributed by atoms with Crippen LogP contribution >= 0.6 is 0 Å². The Balaban J connectivity index is 2.01. The number of anilines is 2. The Morgan fingerprint density at radius 1 is 1.21 bits per heavy atom. The summed E-state index contributed by atoms with van der Waals surface area (Å²) >= 11 is 0. The molecule has 2 aromatic rings. The molecule has 19 heavy (non-hydrogen) atoms. The molecule has 6 nitrogen and oxygen atoms in total. The molecule has 3 rings (SSSR count). The van der Waals surface area contributed by atoms with Crippen LogP contribution in [0.25, 0.3) is 0 Å². The standard InChI is InChI=1S/C13H13N5O/c14-11(19)10-5-16-13(15)17-12(10)18-6-8-3-1-2-4-9(8)7-18/h1-5H,6-7H2,(H2,14,19)(H2,15,16,17). The highest BCUT2D eigenvalue weighted by molar-refractivity contribution is 5.97. The van der Waals surface area contributed by atoms with E-state index in [2.05, 4.69) is 22.1 Å². The van der Waals surface area contributed by atoms with Crippen LogP contribution in [0.1, 0.15) is 21.5 Å². The second-order valence-corrected chi connectivity index (χ2v) is 4.45. The maximum Gasteiger partial charge on any atom is 0.254 e. The van der Waals surface area contributed by atoms with Gasteiger partial charge in [0.05, 0.1) is 0 Å². The zero-order valence-corrected chi connectivity index (χ0v) is 10.2. The van der Waals surface area contributed by atoms with Crippen LogP contribution < -0.4 is 16.4 Å². The molecular formula is C13H13N5O. The summed E-state index contributed by atoms with van der Waals surface area (Å²) in [6.45, 7) is 1.37. The number of carbonyl (C=O) groups is 1. The minimum absolute atomic E-state index is 0.135. The molecule has 0 saturated heterocycles. The SMILES string of the molecule is NC(=O)c1cnc(N)nc1N1Cc2ccccc2C1. The lowest BCUT2D eigenvalue weighted by atomic mass is 10.1. The van der Waals surface area contributed by atoms with E-state index in [9.17, 15) is 4.79 Å². The van der Waals surface area contributed by atoms with Crippen molar-refractivity contribution in [2.45, 2.75) is 13.1 Å². The number of hydrogen-bond donors (Lipinski definition) is 2. The fraction of sp³-hybridized carbons (Fsp3) is 0.154. The van der Waals surface area contributed by atoms with E-state index in [1.54, 1.807) is 0 Å². The van der Waals surface area contributed by atoms with E-state index in [0.29, 0.717) is 24.5 Å². The van der Waals surface area contributed by atoms with Gasteiger partial charge in [0.25, 0.3) is 5.91 Å². The van der Waals surface area contributed by atoms with Gasteiger partial charge in [-0.25, -0.2) is 4.98 Å². The average molecular weight is 255 g/mol. The molecule has 1 aliphatic rings. The van der Waals surface area contributed by atoms with Gasteiger partial charge in [-0.1, -0.05) is 24.3 Å². The number of amides is 1. The molecule has 4 N–H and O–H groups in total. The number of rotatable bonds is 2. The number of nitrogen functional groups attached to an aromatic ring is 1. The predicted octanol–water partition coefficient (Wildman–Crippen LogP) is 0.678. The molecule has 0 saturated carbocycles. The number of aromatic nitrogens is 2. The van der Waals surface area contributed by atoms with E-state index in [1.165, 1.54) is 17.3 Å². The molecule has 0 fully saturated rings. The van der Waals surface area contributed by atoms with Gasteiger partial charge in [0, 0.05) is 19.3 Å². The third-order valence-corrected chi connectivity index (χ3v) is 3.19. The summed E-state index contributed by atoms with van der Waals surface area (Å²) < 4.78 is 0. The van der Waals surface area contributed by atoms with Crippen molar-refractivity contribution in [3.63, 3.8) is 0 Å². The molecule has 1 aromatic heterocycles. The van der Waals surface area contributed by atoms with Crippen molar-refractivity contribution in [2.75, 3.05) is 10.6 Å². The van der Waals surface area contributed by atoms with Crippen LogP contribution in [0.2, 0.25) is 0 Å². The molecule has 0 atom stereocenters. The van der Waals surface area contributed by atoms with Crippen molar-refractivity contribution >= 4 is 17.7 Å². The van der Waals surface area contributed by atoms with Gasteiger partial charge in [0.15, 0.2) is 0 Å². The van der Waals surface area contributed by atoms with E-state index in [-0.39, 0.29) is 5.95 Å². The van der Waals surface area contributed by atoms with Crippen LogP contribution in [0.3, 0.4) is 0 Å². The molecule has 0 aliphatic carbocycles. The second-order valence-electron chi connectivity index (χ2n) is 4.45. The first-order valence-corrected chi connectivity index (χ1v) is 5.89. The maximum absolute atomic E-state index is 11.4. The van der Waals surface area contributed by atoms with Gasteiger partial charge in [0.1, 0.15) is 11.4 Å². The van der Waals surface area contributed by atoms with Gasteiger partial charge >= 0.3 is 0 Å². The third kappa shape index (κ3) is 1.97. The van der Waals surface area contributed by atoms with Crippen molar-refractivity contribution in [3.05, 3.63) is 47.2 Å². The fourth-order valence-corrected chi connectivity index (χ4v) is 2.28. The summed E-state index contributed by atoms with van der Waals surface area (Å²) in [5.41, 5.74) is 13.7. The lowest BCUT2D eigenvalue weighted by Crippen LogP contribution is -2.23. The van der Waals surface area contributed by atoms with Gasteiger partial charge < -0.3 is 16.4 Å². The van der Waals surface area contributed by atoms with Crippen LogP contribution in [0.5, 0.6) is 0 Å². The number of nitrogens with two attached hydrogens (primary N) is 2. The van der Waals surface area contributed by atoms with E-state index in [1.807, 2.05) is 17.0 Å². The molecule has 0 unspecified atom stereocenters. The normalized spacial score (nSPS) is 13.4. The molecular weight excluding hydrogens is 242 g/mol. The summed E-state index contributed by atoms with van der Waals surface area (Å²) in [7, 11) is 0. The molecule has 6 heteroatoms. The van der Waals surface area contributed by atoms with Crippen molar-refractivity contribution < 1.29 is 4.79 Å². The van der Waals surface area contributed by atoms with E-state index in [4.69, 9.17) is 11.5 Å². The highest BCUT2D eigenvalue weighted by Crippen LogP contribution is 2.28. The molecule has 0 radical (unpaired) electrons. The lowest BCUT2D eigenvalue weighted by Gasteiger charge is -2.18. The fourth-order valence-electron chi connectivity index (χ4n) is 2.28. The summed E-state index contributed by atoms with van der Waals surface area (Å²) in [6.07, 6.45) is 1.38. The molecule has 2 heterocycles. The summed E-state index contributed by atoms with van der Waals surface area (Å²) in [5, 5.41) is 0. The molecule has 1 aliphatic heterocycles. The zero-order valence-electron chi connectivity index (χ0n) is 10.2. The average Bonchev–Trinajstić information content (AvgIpc) is 2.81. The van der Waals surface area contributed by atoms with Gasteiger partial charge in [0.2, 0.25) is 5.95 Å². The lowest BCUT2D eigenvalue weighted by molar-refractivity contribution is 0.1000. The number of primary amides is 1. The smallest absolute Gasteiger partial charge is 0.254 e. The third-order valence-electron chi connectivity index (χ3n) is 3.19.